The highest BCUT2D eigenvalue weighted by Gasteiger charge is 2.05. The van der Waals surface area contributed by atoms with Gasteiger partial charge >= 0.3 is 0 Å². The number of anilines is 1. The highest BCUT2D eigenvalue weighted by atomic mass is 35.5. The van der Waals surface area contributed by atoms with Crippen LogP contribution in [-0.4, -0.2) is 11.8 Å². The van der Waals surface area contributed by atoms with Gasteiger partial charge in [-0.15, -0.1) is 0 Å². The molecule has 4 heteroatoms. The Kier molecular flexibility index (Phi) is 6.54. The molecule has 0 fully saturated rings. The van der Waals surface area contributed by atoms with Gasteiger partial charge < -0.3 is 10.5 Å². The van der Waals surface area contributed by atoms with E-state index in [0.29, 0.717) is 23.6 Å². The lowest BCUT2D eigenvalue weighted by Gasteiger charge is -2.06. The molecule has 0 unspecified atom stereocenters. The van der Waals surface area contributed by atoms with E-state index in [0.717, 1.165) is 0 Å². The van der Waals surface area contributed by atoms with E-state index in [-0.39, 0.29) is 0 Å². The van der Waals surface area contributed by atoms with E-state index >= 15 is 0 Å². The maximum Gasteiger partial charge on any atom is 0.252 e. The Balaban J connectivity index is 0.000000921. The van der Waals surface area contributed by atoms with Crippen molar-refractivity contribution in [2.24, 2.45) is 0 Å². The van der Waals surface area contributed by atoms with Gasteiger partial charge in [0.1, 0.15) is 5.75 Å². The number of nitrogen functional groups attached to an aromatic ring is 1. The molecule has 0 radical (unpaired) electrons. The molecule has 0 aromatic heterocycles. The summed E-state index contributed by atoms with van der Waals surface area (Å²) < 4.78 is 5.19. The highest BCUT2D eigenvalue weighted by Crippen LogP contribution is 2.23. The number of ether oxygens (including phenoxy) is 1. The third kappa shape index (κ3) is 4.21. The molecule has 0 spiro atoms. The van der Waals surface area contributed by atoms with Gasteiger partial charge in [-0.3, -0.25) is 4.79 Å². The van der Waals surface area contributed by atoms with Gasteiger partial charge in [0.25, 0.3) is 5.24 Å². The van der Waals surface area contributed by atoms with Gasteiger partial charge in [0.2, 0.25) is 0 Å². The van der Waals surface area contributed by atoms with Crippen LogP contribution < -0.4 is 10.5 Å². The van der Waals surface area contributed by atoms with E-state index in [4.69, 9.17) is 22.1 Å². The van der Waals surface area contributed by atoms with Crippen molar-refractivity contribution in [2.75, 3.05) is 12.3 Å². The number of rotatable bonds is 3. The van der Waals surface area contributed by atoms with Gasteiger partial charge in [0, 0.05) is 5.56 Å². The van der Waals surface area contributed by atoms with E-state index < -0.39 is 5.24 Å². The Bertz CT molecular complexity index is 326. The smallest absolute Gasteiger partial charge is 0.252 e. The van der Waals surface area contributed by atoms with Crippen LogP contribution in [0.3, 0.4) is 0 Å². The van der Waals surface area contributed by atoms with Crippen molar-refractivity contribution in [1.29, 1.82) is 0 Å². The predicted molar refractivity (Wildman–Crippen MR) is 63.6 cm³/mol. The lowest BCUT2D eigenvalue weighted by Crippen LogP contribution is -1.99. The molecule has 0 aliphatic heterocycles. The molecule has 84 valence electrons. The highest BCUT2D eigenvalue weighted by molar-refractivity contribution is 6.67. The van der Waals surface area contributed by atoms with Gasteiger partial charge in [-0.25, -0.2) is 0 Å². The molecule has 0 atom stereocenters. The number of halogens is 1. The van der Waals surface area contributed by atoms with Gasteiger partial charge in [-0.1, -0.05) is 13.8 Å². The quantitative estimate of drug-likeness (QED) is 0.640. The zero-order chi connectivity index (χ0) is 11.8. The summed E-state index contributed by atoms with van der Waals surface area (Å²) in [4.78, 5) is 10.8. The average Bonchev–Trinajstić information content (AvgIpc) is 2.24. The second-order valence-corrected chi connectivity index (χ2v) is 2.80. The maximum atomic E-state index is 10.8. The number of hydrogen-bond acceptors (Lipinski definition) is 3. The van der Waals surface area contributed by atoms with Crippen molar-refractivity contribution in [3.05, 3.63) is 23.8 Å². The largest absolute Gasteiger partial charge is 0.492 e. The first-order chi connectivity index (χ1) is 7.15. The molecule has 1 rings (SSSR count). The number of nitrogens with two attached hydrogens (primary N) is 1. The fourth-order valence-corrected chi connectivity index (χ4v) is 1.05. The summed E-state index contributed by atoms with van der Waals surface area (Å²) >= 11 is 5.29. The number of carbonyl (C=O) groups excluding carboxylic acids is 1. The van der Waals surface area contributed by atoms with Crippen molar-refractivity contribution in [3.8, 4) is 5.75 Å². The van der Waals surface area contributed by atoms with Gasteiger partial charge in [0.15, 0.2) is 0 Å². The standard InChI is InChI=1S/C9H10ClNO2.C2H6/c1-2-13-8-5-6(9(10)12)3-4-7(8)11;1-2/h3-5H,2,11H2,1H3;1-2H3. The van der Waals surface area contributed by atoms with E-state index in [1.165, 1.54) is 6.07 Å². The molecule has 0 bridgehead atoms. The zero-order valence-corrected chi connectivity index (χ0v) is 9.97. The first-order valence-corrected chi connectivity index (χ1v) is 5.25. The number of carbonyl (C=O) groups is 1. The monoisotopic (exact) mass is 229 g/mol. The Morgan fingerprint density at radius 2 is 2.07 bits per heavy atom. The lowest BCUT2D eigenvalue weighted by atomic mass is 10.2. The molecule has 0 aliphatic rings. The average molecular weight is 230 g/mol. The van der Waals surface area contributed by atoms with Crippen LogP contribution in [-0.2, 0) is 0 Å². The summed E-state index contributed by atoms with van der Waals surface area (Å²) in [6, 6.07) is 4.70. The molecule has 1 aromatic rings. The minimum absolute atomic E-state index is 0.388. The van der Waals surface area contributed by atoms with Crippen LogP contribution in [0, 0.1) is 0 Å². The summed E-state index contributed by atoms with van der Waals surface area (Å²) in [5.74, 6) is 0.494. The van der Waals surface area contributed by atoms with Gasteiger partial charge in [0.05, 0.1) is 12.3 Å². The number of hydrogen-bond donors (Lipinski definition) is 1. The van der Waals surface area contributed by atoms with Crippen molar-refractivity contribution < 1.29 is 9.53 Å². The van der Waals surface area contributed by atoms with Crippen molar-refractivity contribution in [1.82, 2.24) is 0 Å². The zero-order valence-electron chi connectivity index (χ0n) is 9.21. The summed E-state index contributed by atoms with van der Waals surface area (Å²) in [5.41, 5.74) is 6.49. The van der Waals surface area contributed by atoms with Gasteiger partial charge in [-0.2, -0.15) is 0 Å². The molecule has 0 saturated heterocycles. The first-order valence-electron chi connectivity index (χ1n) is 4.87. The van der Waals surface area contributed by atoms with E-state index in [1.54, 1.807) is 12.1 Å². The van der Waals surface area contributed by atoms with E-state index in [1.807, 2.05) is 20.8 Å². The summed E-state index contributed by atoms with van der Waals surface area (Å²) in [6.07, 6.45) is 0. The van der Waals surface area contributed by atoms with Crippen LogP contribution in [0.4, 0.5) is 5.69 Å². The molecule has 1 aromatic carbocycles. The van der Waals surface area contributed by atoms with Crippen LogP contribution in [0.2, 0.25) is 0 Å². The van der Waals surface area contributed by atoms with E-state index in [9.17, 15) is 4.79 Å². The SMILES string of the molecule is CC.CCOc1cc(C(=O)Cl)ccc1N. The molecule has 0 heterocycles. The summed E-state index contributed by atoms with van der Waals surface area (Å²) in [6.45, 7) is 6.35. The summed E-state index contributed by atoms with van der Waals surface area (Å²) in [5, 5.41) is -0.513. The fourth-order valence-electron chi connectivity index (χ4n) is 0.937. The molecular formula is C11H16ClNO2. The lowest BCUT2D eigenvalue weighted by molar-refractivity contribution is 0.108. The Morgan fingerprint density at radius 3 is 2.53 bits per heavy atom. The van der Waals surface area contributed by atoms with E-state index in [2.05, 4.69) is 0 Å². The van der Waals surface area contributed by atoms with Gasteiger partial charge in [-0.05, 0) is 36.7 Å². The minimum Gasteiger partial charge on any atom is -0.492 e. The maximum absolute atomic E-state index is 10.8. The molecule has 0 saturated carbocycles. The Morgan fingerprint density at radius 1 is 1.47 bits per heavy atom. The van der Waals surface area contributed by atoms with Crippen LogP contribution in [0.25, 0.3) is 0 Å². The normalized spacial score (nSPS) is 8.80. The molecule has 2 N–H and O–H groups in total. The fraction of sp³-hybridized carbons (Fsp3) is 0.364. The number of benzene rings is 1. The molecular weight excluding hydrogens is 214 g/mol. The summed E-state index contributed by atoms with van der Waals surface area (Å²) in [7, 11) is 0. The minimum atomic E-state index is -0.513. The van der Waals surface area contributed by atoms with Crippen molar-refractivity contribution in [2.45, 2.75) is 20.8 Å². The molecule has 0 aliphatic carbocycles. The van der Waals surface area contributed by atoms with Crippen molar-refractivity contribution >= 4 is 22.5 Å². The van der Waals surface area contributed by atoms with Crippen LogP contribution in [0.1, 0.15) is 31.1 Å². The topological polar surface area (TPSA) is 52.3 Å². The molecule has 3 nitrogen and oxygen atoms in total. The molecule has 0 amide bonds. The third-order valence-corrected chi connectivity index (χ3v) is 1.76. The molecule has 15 heavy (non-hydrogen) atoms. The first kappa shape index (κ1) is 13.8. The van der Waals surface area contributed by atoms with Crippen LogP contribution in [0.5, 0.6) is 5.75 Å². The van der Waals surface area contributed by atoms with Crippen LogP contribution in [0.15, 0.2) is 18.2 Å². The second kappa shape index (κ2) is 7.12. The predicted octanol–water partition coefficient (Wildman–Crippen LogP) is 3.07. The van der Waals surface area contributed by atoms with Crippen molar-refractivity contribution in [3.63, 3.8) is 0 Å². The Labute approximate surface area is 95.2 Å². The second-order valence-electron chi connectivity index (χ2n) is 2.46. The van der Waals surface area contributed by atoms with Crippen LogP contribution >= 0.6 is 11.6 Å². The Hall–Kier alpha value is -1.22. The third-order valence-electron chi connectivity index (χ3n) is 1.54.